The number of ether oxygens (including phenoxy) is 1. The Morgan fingerprint density at radius 1 is 1.50 bits per heavy atom. The average molecular weight is 329 g/mol. The van der Waals surface area contributed by atoms with E-state index in [0.29, 0.717) is 0 Å². The summed E-state index contributed by atoms with van der Waals surface area (Å²) in [6.45, 7) is 5.18. The SMILES string of the molecule is Cn1ccnc1CCSCC(NC(=O)OC(C)(C)C)C(=O)O. The van der Waals surface area contributed by atoms with E-state index in [-0.39, 0.29) is 5.75 Å². The van der Waals surface area contributed by atoms with Gasteiger partial charge in [-0.15, -0.1) is 0 Å². The third kappa shape index (κ3) is 6.84. The normalized spacial score (nSPS) is 12.7. The number of carbonyl (C=O) groups is 2. The van der Waals surface area contributed by atoms with E-state index >= 15 is 0 Å². The number of hydrogen-bond donors (Lipinski definition) is 2. The van der Waals surface area contributed by atoms with E-state index in [1.165, 1.54) is 11.8 Å². The molecule has 0 radical (unpaired) electrons. The van der Waals surface area contributed by atoms with Crippen molar-refractivity contribution < 1.29 is 19.4 Å². The molecule has 0 spiro atoms. The van der Waals surface area contributed by atoms with E-state index in [2.05, 4.69) is 10.3 Å². The molecule has 1 amide bonds. The number of imidazole rings is 1. The van der Waals surface area contributed by atoms with Gasteiger partial charge in [0.25, 0.3) is 0 Å². The largest absolute Gasteiger partial charge is 0.480 e. The van der Waals surface area contributed by atoms with E-state index in [4.69, 9.17) is 9.84 Å². The van der Waals surface area contributed by atoms with Gasteiger partial charge in [-0.2, -0.15) is 11.8 Å². The lowest BCUT2D eigenvalue weighted by atomic mass is 10.2. The molecule has 2 N–H and O–H groups in total. The number of carboxylic acids is 1. The van der Waals surface area contributed by atoms with Gasteiger partial charge in [0.2, 0.25) is 0 Å². The second kappa shape index (κ2) is 8.07. The van der Waals surface area contributed by atoms with Crippen molar-refractivity contribution in [3.8, 4) is 0 Å². The predicted molar refractivity (Wildman–Crippen MR) is 85.0 cm³/mol. The smallest absolute Gasteiger partial charge is 0.408 e. The Morgan fingerprint density at radius 2 is 2.18 bits per heavy atom. The fourth-order valence-electron chi connectivity index (χ4n) is 1.63. The number of rotatable bonds is 7. The first-order valence-electron chi connectivity index (χ1n) is 6.95. The summed E-state index contributed by atoms with van der Waals surface area (Å²) in [6.07, 6.45) is 3.62. The Kier molecular flexibility index (Phi) is 6.73. The number of nitrogens with zero attached hydrogens (tertiary/aromatic N) is 2. The van der Waals surface area contributed by atoms with Crippen molar-refractivity contribution in [2.75, 3.05) is 11.5 Å². The van der Waals surface area contributed by atoms with E-state index in [1.54, 1.807) is 27.0 Å². The summed E-state index contributed by atoms with van der Waals surface area (Å²) in [6, 6.07) is -0.971. The second-order valence-electron chi connectivity index (χ2n) is 5.82. The number of thioether (sulfide) groups is 1. The molecule has 1 aromatic rings. The highest BCUT2D eigenvalue weighted by Crippen LogP contribution is 2.10. The predicted octanol–water partition coefficient (Wildman–Crippen LogP) is 1.67. The van der Waals surface area contributed by atoms with Crippen molar-refractivity contribution in [3.63, 3.8) is 0 Å². The number of amides is 1. The van der Waals surface area contributed by atoms with Crippen LogP contribution >= 0.6 is 11.8 Å². The molecular formula is C14H23N3O4S. The highest BCUT2D eigenvalue weighted by molar-refractivity contribution is 7.99. The van der Waals surface area contributed by atoms with Crippen molar-refractivity contribution in [2.45, 2.75) is 38.8 Å². The zero-order valence-corrected chi connectivity index (χ0v) is 14.1. The second-order valence-corrected chi connectivity index (χ2v) is 6.97. The van der Waals surface area contributed by atoms with Crippen LogP contribution in [0.4, 0.5) is 4.79 Å². The van der Waals surface area contributed by atoms with E-state index in [0.717, 1.165) is 18.0 Å². The monoisotopic (exact) mass is 329 g/mol. The number of alkyl carbamates (subject to hydrolysis) is 1. The fourth-order valence-corrected chi connectivity index (χ4v) is 2.58. The van der Waals surface area contributed by atoms with Crippen LogP contribution in [0, 0.1) is 0 Å². The van der Waals surface area contributed by atoms with Crippen molar-refractivity contribution >= 4 is 23.8 Å². The maximum absolute atomic E-state index is 11.6. The van der Waals surface area contributed by atoms with Crippen LogP contribution in [0.2, 0.25) is 0 Å². The Morgan fingerprint density at radius 3 is 2.68 bits per heavy atom. The zero-order valence-electron chi connectivity index (χ0n) is 13.3. The lowest BCUT2D eigenvalue weighted by Gasteiger charge is -2.21. The van der Waals surface area contributed by atoms with Crippen LogP contribution in [0.5, 0.6) is 0 Å². The quantitative estimate of drug-likeness (QED) is 0.739. The molecule has 0 aliphatic heterocycles. The summed E-state index contributed by atoms with van der Waals surface area (Å²) in [5.41, 5.74) is -0.654. The molecule has 1 unspecified atom stereocenters. The zero-order chi connectivity index (χ0) is 16.8. The topological polar surface area (TPSA) is 93.5 Å². The number of aryl methyl sites for hydroxylation is 2. The molecule has 1 aromatic heterocycles. The van der Waals surface area contributed by atoms with Gasteiger partial charge in [0.15, 0.2) is 0 Å². The number of nitrogens with one attached hydrogen (secondary N) is 1. The first-order chi connectivity index (χ1) is 10.2. The molecular weight excluding hydrogens is 306 g/mol. The van der Waals surface area contributed by atoms with Crippen LogP contribution in [0.25, 0.3) is 0 Å². The van der Waals surface area contributed by atoms with Crippen LogP contribution in [-0.4, -0.2) is 49.9 Å². The molecule has 8 heteroatoms. The summed E-state index contributed by atoms with van der Waals surface area (Å²) in [7, 11) is 1.91. The van der Waals surface area contributed by atoms with Crippen molar-refractivity contribution in [3.05, 3.63) is 18.2 Å². The molecule has 0 bridgehead atoms. The fraction of sp³-hybridized carbons (Fsp3) is 0.643. The molecule has 1 atom stereocenters. The Labute approximate surface area is 134 Å². The molecule has 22 heavy (non-hydrogen) atoms. The molecule has 7 nitrogen and oxygen atoms in total. The maximum atomic E-state index is 11.6. The molecule has 0 aromatic carbocycles. The molecule has 1 heterocycles. The number of hydrogen-bond acceptors (Lipinski definition) is 5. The summed E-state index contributed by atoms with van der Waals surface area (Å²) >= 11 is 1.45. The number of aromatic nitrogens is 2. The molecule has 0 aliphatic rings. The molecule has 1 rings (SSSR count). The first-order valence-corrected chi connectivity index (χ1v) is 8.11. The number of carboxylic acid groups (broad SMARTS) is 1. The Bertz CT molecular complexity index is 510. The van der Waals surface area contributed by atoms with Gasteiger partial charge in [-0.1, -0.05) is 0 Å². The molecule has 124 valence electrons. The maximum Gasteiger partial charge on any atom is 0.408 e. The molecule has 0 saturated carbocycles. The van der Waals surface area contributed by atoms with Gasteiger partial charge in [-0.3, -0.25) is 0 Å². The van der Waals surface area contributed by atoms with E-state index in [9.17, 15) is 9.59 Å². The summed E-state index contributed by atoms with van der Waals surface area (Å²) in [5.74, 6) is 0.874. The highest BCUT2D eigenvalue weighted by Gasteiger charge is 2.23. The van der Waals surface area contributed by atoms with Crippen LogP contribution in [0.15, 0.2) is 12.4 Å². The molecule has 0 fully saturated rings. The van der Waals surface area contributed by atoms with Gasteiger partial charge in [0.1, 0.15) is 17.5 Å². The average Bonchev–Trinajstić information content (AvgIpc) is 2.76. The standard InChI is InChI=1S/C14H23N3O4S/c1-14(2,3)21-13(20)16-10(12(18)19)9-22-8-5-11-15-6-7-17(11)4/h6-7,10H,5,8-9H2,1-4H3,(H,16,20)(H,18,19). The Balaban J connectivity index is 2.37. The van der Waals surface area contributed by atoms with Crippen LogP contribution < -0.4 is 5.32 Å². The Hall–Kier alpha value is -1.70. The van der Waals surface area contributed by atoms with Crippen LogP contribution in [0.1, 0.15) is 26.6 Å². The minimum Gasteiger partial charge on any atom is -0.480 e. The molecule has 0 aliphatic carbocycles. The van der Waals surface area contributed by atoms with Gasteiger partial charge in [-0.05, 0) is 20.8 Å². The van der Waals surface area contributed by atoms with E-state index < -0.39 is 23.7 Å². The summed E-state index contributed by atoms with van der Waals surface area (Å²) in [5, 5.41) is 11.5. The minimum atomic E-state index is -1.07. The van der Waals surface area contributed by atoms with E-state index in [1.807, 2.05) is 17.8 Å². The minimum absolute atomic E-state index is 0.277. The summed E-state index contributed by atoms with van der Waals surface area (Å²) < 4.78 is 6.99. The van der Waals surface area contributed by atoms with Crippen molar-refractivity contribution in [2.24, 2.45) is 7.05 Å². The first kappa shape index (κ1) is 18.3. The van der Waals surface area contributed by atoms with Gasteiger partial charge < -0.3 is 19.7 Å². The third-order valence-electron chi connectivity index (χ3n) is 2.66. The van der Waals surface area contributed by atoms with Crippen molar-refractivity contribution in [1.82, 2.24) is 14.9 Å². The third-order valence-corrected chi connectivity index (χ3v) is 3.73. The van der Waals surface area contributed by atoms with Gasteiger partial charge in [-0.25, -0.2) is 14.6 Å². The molecule has 0 saturated heterocycles. The van der Waals surface area contributed by atoms with Crippen LogP contribution in [0.3, 0.4) is 0 Å². The van der Waals surface area contributed by atoms with Crippen molar-refractivity contribution in [1.29, 1.82) is 0 Å². The lowest BCUT2D eigenvalue weighted by Crippen LogP contribution is -2.45. The number of aliphatic carboxylic acids is 1. The van der Waals surface area contributed by atoms with Gasteiger partial charge in [0.05, 0.1) is 0 Å². The van der Waals surface area contributed by atoms with Gasteiger partial charge in [0, 0.05) is 37.4 Å². The lowest BCUT2D eigenvalue weighted by molar-refractivity contribution is -0.138. The summed E-state index contributed by atoms with van der Waals surface area (Å²) in [4.78, 5) is 27.0. The van der Waals surface area contributed by atoms with Gasteiger partial charge >= 0.3 is 12.1 Å². The van der Waals surface area contributed by atoms with Crippen LogP contribution in [-0.2, 0) is 23.0 Å². The number of carbonyl (C=O) groups excluding carboxylic acids is 1. The highest BCUT2D eigenvalue weighted by atomic mass is 32.2.